The summed E-state index contributed by atoms with van der Waals surface area (Å²) < 4.78 is 37.3. The number of amides is 5. The van der Waals surface area contributed by atoms with Crippen molar-refractivity contribution >= 4 is 41.3 Å². The summed E-state index contributed by atoms with van der Waals surface area (Å²) in [6.07, 6.45) is 0.819. The van der Waals surface area contributed by atoms with E-state index in [4.69, 9.17) is 0 Å². The number of carbonyl (C=O) groups is 5. The molecule has 12 heteroatoms. The summed E-state index contributed by atoms with van der Waals surface area (Å²) in [7, 11) is 0. The molecule has 188 valence electrons. The number of hydrogen-bond donors (Lipinski definition) is 2. The van der Waals surface area contributed by atoms with E-state index >= 15 is 0 Å². The fourth-order valence-corrected chi connectivity index (χ4v) is 4.58. The molecule has 2 heterocycles. The number of halogens is 3. The first-order valence-corrected chi connectivity index (χ1v) is 11.8. The normalized spacial score (nSPS) is 17.8. The summed E-state index contributed by atoms with van der Waals surface area (Å²) >= 11 is -0.274. The lowest BCUT2D eigenvalue weighted by molar-refractivity contribution is -0.136. The van der Waals surface area contributed by atoms with E-state index in [9.17, 15) is 37.1 Å². The van der Waals surface area contributed by atoms with Crippen molar-refractivity contribution in [2.45, 2.75) is 36.2 Å². The van der Waals surface area contributed by atoms with E-state index in [1.54, 1.807) is 6.07 Å². The summed E-state index contributed by atoms with van der Waals surface area (Å²) in [4.78, 5) is 62.2. The number of rotatable bonds is 7. The molecular formula is C24H20F3N3O5S. The van der Waals surface area contributed by atoms with E-state index in [-0.39, 0.29) is 65.2 Å². The summed E-state index contributed by atoms with van der Waals surface area (Å²) in [5.41, 5.74) is -3.29. The van der Waals surface area contributed by atoms with E-state index < -0.39 is 35.1 Å². The van der Waals surface area contributed by atoms with Gasteiger partial charge in [-0.25, -0.2) is 0 Å². The van der Waals surface area contributed by atoms with Crippen LogP contribution in [0, 0.1) is 5.92 Å². The van der Waals surface area contributed by atoms with Crippen LogP contribution in [0.4, 0.5) is 13.2 Å². The molecule has 2 aliphatic heterocycles. The number of imide groups is 2. The van der Waals surface area contributed by atoms with Gasteiger partial charge in [-0.1, -0.05) is 6.07 Å². The monoisotopic (exact) mass is 519 g/mol. The van der Waals surface area contributed by atoms with Gasteiger partial charge in [0.15, 0.2) is 0 Å². The molecule has 2 aliphatic rings. The fourth-order valence-electron chi connectivity index (χ4n) is 4.04. The molecule has 0 aliphatic carbocycles. The van der Waals surface area contributed by atoms with Crippen LogP contribution >= 0.6 is 11.8 Å². The molecule has 36 heavy (non-hydrogen) atoms. The molecule has 2 aromatic carbocycles. The molecule has 0 unspecified atom stereocenters. The first-order chi connectivity index (χ1) is 17.0. The van der Waals surface area contributed by atoms with E-state index in [2.05, 4.69) is 10.6 Å². The Balaban J connectivity index is 1.35. The zero-order valence-corrected chi connectivity index (χ0v) is 19.5. The van der Waals surface area contributed by atoms with Crippen LogP contribution in [0.15, 0.2) is 47.4 Å². The summed E-state index contributed by atoms with van der Waals surface area (Å²) in [6.45, 7) is 0.0657. The standard InChI is InChI=1S/C24H20F3N3O5S/c25-24(26,27)36-16-5-2-14(3-6-16)20(32)28-12-13-1-7-17-18(11-13)23(35)30(22(17)34)10-9-15-4-8-19(31)29-21(15)33/h1-3,5-7,11,15H,4,8-10,12H2,(H,28,32)(H,29,31,33)/t15-/m0/s1. The van der Waals surface area contributed by atoms with Gasteiger partial charge in [-0.15, -0.1) is 0 Å². The highest BCUT2D eigenvalue weighted by Crippen LogP contribution is 2.36. The number of fused-ring (bicyclic) bond motifs is 1. The lowest BCUT2D eigenvalue weighted by Gasteiger charge is -2.22. The molecule has 0 aromatic heterocycles. The Kier molecular flexibility index (Phi) is 7.16. The largest absolute Gasteiger partial charge is 0.446 e. The highest BCUT2D eigenvalue weighted by Gasteiger charge is 2.37. The molecule has 0 bridgehead atoms. The van der Waals surface area contributed by atoms with Crippen molar-refractivity contribution in [2.24, 2.45) is 5.92 Å². The lowest BCUT2D eigenvalue weighted by atomic mass is 9.94. The molecule has 8 nitrogen and oxygen atoms in total. The molecule has 2 aromatic rings. The average molecular weight is 520 g/mol. The maximum Gasteiger partial charge on any atom is 0.446 e. The zero-order valence-electron chi connectivity index (χ0n) is 18.7. The van der Waals surface area contributed by atoms with Crippen LogP contribution in [-0.2, 0) is 16.1 Å². The summed E-state index contributed by atoms with van der Waals surface area (Å²) in [5.74, 6) is -2.70. The van der Waals surface area contributed by atoms with Gasteiger partial charge in [0.1, 0.15) is 0 Å². The molecule has 0 saturated carbocycles. The molecule has 4 rings (SSSR count). The Morgan fingerprint density at radius 1 is 1.03 bits per heavy atom. The van der Waals surface area contributed by atoms with Gasteiger partial charge in [0.05, 0.1) is 11.1 Å². The van der Waals surface area contributed by atoms with Crippen molar-refractivity contribution in [2.75, 3.05) is 6.54 Å². The SMILES string of the molecule is O=C1CC[C@@H](CCN2C(=O)c3ccc(CNC(=O)c4ccc(SC(F)(F)F)cc4)cc3C2=O)C(=O)N1. The maximum atomic E-state index is 12.8. The number of alkyl halides is 3. The third-order valence-corrected chi connectivity index (χ3v) is 6.63. The highest BCUT2D eigenvalue weighted by molar-refractivity contribution is 8.00. The highest BCUT2D eigenvalue weighted by atomic mass is 32.2. The van der Waals surface area contributed by atoms with Gasteiger partial charge in [-0.05, 0) is 66.6 Å². The Hall–Kier alpha value is -3.67. The maximum absolute atomic E-state index is 12.8. The van der Waals surface area contributed by atoms with E-state index in [1.807, 2.05) is 0 Å². The Bertz CT molecular complexity index is 1250. The molecule has 2 N–H and O–H groups in total. The number of nitrogens with one attached hydrogen (secondary N) is 2. The van der Waals surface area contributed by atoms with Crippen LogP contribution in [0.1, 0.15) is 55.9 Å². The molecular weight excluding hydrogens is 499 g/mol. The third kappa shape index (κ3) is 5.76. The van der Waals surface area contributed by atoms with Crippen LogP contribution in [0.25, 0.3) is 0 Å². The molecule has 0 radical (unpaired) electrons. The third-order valence-electron chi connectivity index (χ3n) is 5.89. The quantitative estimate of drug-likeness (QED) is 0.429. The topological polar surface area (TPSA) is 113 Å². The molecule has 1 fully saturated rings. The van der Waals surface area contributed by atoms with Crippen LogP contribution in [0.2, 0.25) is 0 Å². The van der Waals surface area contributed by atoms with E-state index in [1.165, 1.54) is 36.4 Å². The Labute approximate surface area is 207 Å². The number of piperidine rings is 1. The van der Waals surface area contributed by atoms with Gasteiger partial charge >= 0.3 is 5.51 Å². The minimum Gasteiger partial charge on any atom is -0.348 e. The second-order valence-corrected chi connectivity index (χ2v) is 9.47. The molecule has 0 spiro atoms. The first-order valence-electron chi connectivity index (χ1n) is 11.0. The smallest absolute Gasteiger partial charge is 0.348 e. The molecule has 1 saturated heterocycles. The second kappa shape index (κ2) is 10.1. The van der Waals surface area contributed by atoms with Crippen molar-refractivity contribution < 1.29 is 37.1 Å². The van der Waals surface area contributed by atoms with Crippen LogP contribution in [0.5, 0.6) is 0 Å². The summed E-state index contributed by atoms with van der Waals surface area (Å²) in [5, 5.41) is 4.89. The van der Waals surface area contributed by atoms with E-state index in [0.717, 1.165) is 4.90 Å². The lowest BCUT2D eigenvalue weighted by Crippen LogP contribution is -2.42. The first kappa shape index (κ1) is 25.4. The number of thioether (sulfide) groups is 1. The number of nitrogens with zero attached hydrogens (tertiary/aromatic N) is 1. The van der Waals surface area contributed by atoms with Crippen molar-refractivity contribution in [1.82, 2.24) is 15.5 Å². The van der Waals surface area contributed by atoms with Gasteiger partial charge < -0.3 is 5.32 Å². The van der Waals surface area contributed by atoms with Gasteiger partial charge in [0.2, 0.25) is 11.8 Å². The Morgan fingerprint density at radius 3 is 2.39 bits per heavy atom. The van der Waals surface area contributed by atoms with Crippen molar-refractivity contribution in [3.63, 3.8) is 0 Å². The molecule has 5 amide bonds. The minimum absolute atomic E-state index is 0.0307. The fraction of sp³-hybridized carbons (Fsp3) is 0.292. The van der Waals surface area contributed by atoms with Crippen LogP contribution in [0.3, 0.4) is 0 Å². The predicted molar refractivity (Wildman–Crippen MR) is 122 cm³/mol. The summed E-state index contributed by atoms with van der Waals surface area (Å²) in [6, 6.07) is 9.57. The molecule has 1 atom stereocenters. The van der Waals surface area contributed by atoms with Crippen LogP contribution < -0.4 is 10.6 Å². The minimum atomic E-state index is -4.42. The second-order valence-electron chi connectivity index (χ2n) is 8.33. The predicted octanol–water partition coefficient (Wildman–Crippen LogP) is 3.27. The van der Waals surface area contributed by atoms with Gasteiger partial charge in [0, 0.05) is 35.9 Å². The van der Waals surface area contributed by atoms with Gasteiger partial charge in [-0.3, -0.25) is 34.2 Å². The number of hydrogen-bond acceptors (Lipinski definition) is 6. The number of carbonyl (C=O) groups excluding carboxylic acids is 5. The Morgan fingerprint density at radius 2 is 1.72 bits per heavy atom. The van der Waals surface area contributed by atoms with Crippen LogP contribution in [-0.4, -0.2) is 46.5 Å². The van der Waals surface area contributed by atoms with Crippen molar-refractivity contribution in [3.8, 4) is 0 Å². The number of benzene rings is 2. The zero-order chi connectivity index (χ0) is 26.0. The average Bonchev–Trinajstić information content (AvgIpc) is 3.05. The van der Waals surface area contributed by atoms with Crippen molar-refractivity contribution in [1.29, 1.82) is 0 Å². The van der Waals surface area contributed by atoms with Gasteiger partial charge in [-0.2, -0.15) is 13.2 Å². The van der Waals surface area contributed by atoms with Crippen molar-refractivity contribution in [3.05, 3.63) is 64.7 Å². The van der Waals surface area contributed by atoms with E-state index in [0.29, 0.717) is 12.0 Å². The van der Waals surface area contributed by atoms with Gasteiger partial charge in [0.25, 0.3) is 17.7 Å².